The molecule has 7 nitrogen and oxygen atoms in total. The predicted molar refractivity (Wildman–Crippen MR) is 119 cm³/mol. The molecule has 0 aliphatic rings. The highest BCUT2D eigenvalue weighted by Crippen LogP contribution is 2.21. The number of rotatable bonds is 7. The van der Waals surface area contributed by atoms with Crippen LogP contribution in [0.2, 0.25) is 0 Å². The number of thiophene rings is 1. The fourth-order valence-electron chi connectivity index (χ4n) is 3.16. The number of hydrogen-bond donors (Lipinski definition) is 2. The van der Waals surface area contributed by atoms with Crippen molar-refractivity contribution in [1.29, 1.82) is 0 Å². The molecule has 4 aromatic rings. The molecule has 154 valence electrons. The van der Waals surface area contributed by atoms with Gasteiger partial charge in [-0.3, -0.25) is 14.8 Å². The molecule has 0 radical (unpaired) electrons. The summed E-state index contributed by atoms with van der Waals surface area (Å²) in [4.78, 5) is 17.0. The zero-order valence-electron chi connectivity index (χ0n) is 16.2. The average molecular weight is 441 g/mol. The predicted octanol–water partition coefficient (Wildman–Crippen LogP) is 4.10. The number of sulfonamides is 1. The third-order valence-electron chi connectivity index (χ3n) is 4.55. The summed E-state index contributed by atoms with van der Waals surface area (Å²) in [7, 11) is -3.59. The zero-order chi connectivity index (χ0) is 21.1. The van der Waals surface area contributed by atoms with Crippen molar-refractivity contribution >= 4 is 49.9 Å². The summed E-state index contributed by atoms with van der Waals surface area (Å²) < 4.78 is 29.3. The lowest BCUT2D eigenvalue weighted by atomic mass is 10.1. The van der Waals surface area contributed by atoms with Gasteiger partial charge in [-0.25, -0.2) is 13.4 Å². The van der Waals surface area contributed by atoms with E-state index in [-0.39, 0.29) is 16.5 Å². The number of carbonyl (C=O) groups is 1. The van der Waals surface area contributed by atoms with Crippen LogP contribution in [0.1, 0.15) is 12.5 Å². The van der Waals surface area contributed by atoms with E-state index in [1.54, 1.807) is 41.8 Å². The molecule has 0 aliphatic carbocycles. The summed E-state index contributed by atoms with van der Waals surface area (Å²) in [6, 6.07) is 17.7. The monoisotopic (exact) mass is 440 g/mol. The maximum atomic E-state index is 12.5. The van der Waals surface area contributed by atoms with Gasteiger partial charge >= 0.3 is 0 Å². The summed E-state index contributed by atoms with van der Waals surface area (Å²) in [5, 5.41) is 4.58. The lowest BCUT2D eigenvalue weighted by molar-refractivity contribution is -0.115. The van der Waals surface area contributed by atoms with Crippen LogP contribution in [0.3, 0.4) is 0 Å². The lowest BCUT2D eigenvalue weighted by Crippen LogP contribution is -2.17. The molecule has 0 saturated heterocycles. The molecule has 1 amide bonds. The van der Waals surface area contributed by atoms with Gasteiger partial charge in [0.25, 0.3) is 10.0 Å². The van der Waals surface area contributed by atoms with Gasteiger partial charge in [-0.2, -0.15) is 0 Å². The maximum Gasteiger partial charge on any atom is 0.271 e. The fraction of sp³-hybridized carbons (Fsp3) is 0.143. The Balaban J connectivity index is 1.43. The van der Waals surface area contributed by atoms with Gasteiger partial charge < -0.3 is 4.57 Å². The average Bonchev–Trinajstić information content (AvgIpc) is 3.37. The van der Waals surface area contributed by atoms with Crippen LogP contribution < -0.4 is 10.0 Å². The van der Waals surface area contributed by atoms with Gasteiger partial charge in [0.05, 0.1) is 17.5 Å². The first-order valence-electron chi connectivity index (χ1n) is 9.36. The number of fused-ring (bicyclic) bond motifs is 1. The SMILES string of the molecule is CCn1c(NC(=O)Cc2ccc(NS(=O)(=O)c3cccs3)cc2)nc2ccccc21. The molecular weight excluding hydrogens is 420 g/mol. The van der Waals surface area contributed by atoms with Gasteiger partial charge in [-0.15, -0.1) is 11.3 Å². The summed E-state index contributed by atoms with van der Waals surface area (Å²) in [5.41, 5.74) is 3.01. The van der Waals surface area contributed by atoms with Crippen molar-refractivity contribution in [2.45, 2.75) is 24.1 Å². The first-order chi connectivity index (χ1) is 14.5. The largest absolute Gasteiger partial charge is 0.310 e. The third-order valence-corrected chi connectivity index (χ3v) is 7.33. The first kappa shape index (κ1) is 20.1. The number of nitrogens with zero attached hydrogens (tertiary/aromatic N) is 2. The van der Waals surface area contributed by atoms with Gasteiger partial charge in [-0.05, 0) is 48.2 Å². The first-order valence-corrected chi connectivity index (χ1v) is 11.7. The smallest absolute Gasteiger partial charge is 0.271 e. The molecule has 9 heteroatoms. The second-order valence-electron chi connectivity index (χ2n) is 6.63. The number of aryl methyl sites for hydroxylation is 1. The Bertz CT molecular complexity index is 1280. The molecule has 30 heavy (non-hydrogen) atoms. The summed E-state index contributed by atoms with van der Waals surface area (Å²) in [6.45, 7) is 2.69. The van der Waals surface area contributed by atoms with Gasteiger partial charge in [-0.1, -0.05) is 30.3 Å². The van der Waals surface area contributed by atoms with Crippen molar-refractivity contribution in [2.75, 3.05) is 10.0 Å². The molecule has 0 spiro atoms. The number of imidazole rings is 1. The van der Waals surface area contributed by atoms with E-state index in [1.807, 2.05) is 35.8 Å². The van der Waals surface area contributed by atoms with Crippen LogP contribution in [0.25, 0.3) is 11.0 Å². The molecular formula is C21H20N4O3S2. The Kier molecular flexibility index (Phi) is 5.56. The Labute approximate surface area is 178 Å². The highest BCUT2D eigenvalue weighted by Gasteiger charge is 2.16. The van der Waals surface area contributed by atoms with Crippen LogP contribution in [-0.4, -0.2) is 23.9 Å². The normalized spacial score (nSPS) is 11.5. The molecule has 0 atom stereocenters. The van der Waals surface area contributed by atoms with E-state index in [2.05, 4.69) is 15.0 Å². The fourth-order valence-corrected chi connectivity index (χ4v) is 5.21. The van der Waals surface area contributed by atoms with Crippen LogP contribution >= 0.6 is 11.3 Å². The second-order valence-corrected chi connectivity index (χ2v) is 9.48. The number of anilines is 2. The molecule has 0 unspecified atom stereocenters. The molecule has 0 saturated carbocycles. The van der Waals surface area contributed by atoms with E-state index >= 15 is 0 Å². The minimum absolute atomic E-state index is 0.158. The van der Waals surface area contributed by atoms with Crippen LogP contribution in [0.4, 0.5) is 11.6 Å². The van der Waals surface area contributed by atoms with Crippen molar-refractivity contribution < 1.29 is 13.2 Å². The molecule has 4 rings (SSSR count). The lowest BCUT2D eigenvalue weighted by Gasteiger charge is -2.09. The highest BCUT2D eigenvalue weighted by molar-refractivity contribution is 7.94. The number of aromatic nitrogens is 2. The van der Waals surface area contributed by atoms with E-state index in [4.69, 9.17) is 0 Å². The minimum Gasteiger partial charge on any atom is -0.310 e. The number of carbonyl (C=O) groups excluding carboxylic acids is 1. The topological polar surface area (TPSA) is 93.1 Å². The quantitative estimate of drug-likeness (QED) is 0.452. The molecule has 2 aromatic carbocycles. The summed E-state index contributed by atoms with van der Waals surface area (Å²) >= 11 is 1.15. The Morgan fingerprint density at radius 3 is 2.53 bits per heavy atom. The van der Waals surface area contributed by atoms with E-state index in [9.17, 15) is 13.2 Å². The number of amides is 1. The molecule has 0 bridgehead atoms. The molecule has 2 N–H and O–H groups in total. The van der Waals surface area contributed by atoms with Crippen LogP contribution in [-0.2, 0) is 27.8 Å². The van der Waals surface area contributed by atoms with Gasteiger partial charge in [0.2, 0.25) is 11.9 Å². The van der Waals surface area contributed by atoms with Crippen LogP contribution in [0.15, 0.2) is 70.3 Å². The third kappa shape index (κ3) is 4.22. The Morgan fingerprint density at radius 1 is 1.07 bits per heavy atom. The zero-order valence-corrected chi connectivity index (χ0v) is 17.8. The minimum atomic E-state index is -3.59. The van der Waals surface area contributed by atoms with Crippen molar-refractivity contribution in [1.82, 2.24) is 9.55 Å². The Hall–Kier alpha value is -3.17. The van der Waals surface area contributed by atoms with Gasteiger partial charge in [0, 0.05) is 12.2 Å². The summed E-state index contributed by atoms with van der Waals surface area (Å²) in [5.74, 6) is 0.330. The van der Waals surface area contributed by atoms with Gasteiger partial charge in [0.1, 0.15) is 4.21 Å². The molecule has 2 aromatic heterocycles. The number of para-hydroxylation sites is 2. The van der Waals surface area contributed by atoms with Gasteiger partial charge in [0.15, 0.2) is 0 Å². The van der Waals surface area contributed by atoms with Crippen molar-refractivity contribution in [2.24, 2.45) is 0 Å². The molecule has 2 heterocycles. The van der Waals surface area contributed by atoms with E-state index < -0.39 is 10.0 Å². The number of nitrogens with one attached hydrogen (secondary N) is 2. The van der Waals surface area contributed by atoms with Crippen molar-refractivity contribution in [3.8, 4) is 0 Å². The van der Waals surface area contributed by atoms with Crippen molar-refractivity contribution in [3.63, 3.8) is 0 Å². The second kappa shape index (κ2) is 8.29. The highest BCUT2D eigenvalue weighted by atomic mass is 32.2. The van der Waals surface area contributed by atoms with Crippen LogP contribution in [0.5, 0.6) is 0 Å². The number of hydrogen-bond acceptors (Lipinski definition) is 5. The summed E-state index contributed by atoms with van der Waals surface area (Å²) in [6.07, 6.45) is 0.158. The van der Waals surface area contributed by atoms with E-state index in [1.165, 1.54) is 0 Å². The van der Waals surface area contributed by atoms with E-state index in [0.717, 1.165) is 27.9 Å². The molecule has 0 fully saturated rings. The van der Waals surface area contributed by atoms with E-state index in [0.29, 0.717) is 18.2 Å². The van der Waals surface area contributed by atoms with Crippen molar-refractivity contribution in [3.05, 3.63) is 71.6 Å². The van der Waals surface area contributed by atoms with Crippen LogP contribution in [0, 0.1) is 0 Å². The Morgan fingerprint density at radius 2 is 1.83 bits per heavy atom. The number of benzene rings is 2. The molecule has 0 aliphatic heterocycles. The maximum absolute atomic E-state index is 12.5. The standard InChI is InChI=1S/C21H20N4O3S2/c1-2-25-18-7-4-3-6-17(18)22-21(25)23-19(26)14-15-9-11-16(12-10-15)24-30(27,28)20-8-5-13-29-20/h3-13,24H,2,14H2,1H3,(H,22,23,26).